The normalized spacial score (nSPS) is 19.6. The molecular formula is C11H20N4. The average Bonchev–Trinajstić information content (AvgIpc) is 2.77. The summed E-state index contributed by atoms with van der Waals surface area (Å²) in [6, 6.07) is 0. The van der Waals surface area contributed by atoms with Crippen LogP contribution in [-0.4, -0.2) is 20.7 Å². The molecule has 0 radical (unpaired) electrons. The lowest BCUT2D eigenvalue weighted by molar-refractivity contribution is 0.427. The highest BCUT2D eigenvalue weighted by Gasteiger charge is 2.30. The lowest BCUT2D eigenvalue weighted by Crippen LogP contribution is -2.39. The van der Waals surface area contributed by atoms with E-state index >= 15 is 0 Å². The van der Waals surface area contributed by atoms with Crippen LogP contribution in [-0.2, 0) is 12.8 Å². The van der Waals surface area contributed by atoms with E-state index in [1.165, 1.54) is 12.8 Å². The van der Waals surface area contributed by atoms with Gasteiger partial charge in [-0.3, -0.25) is 5.10 Å². The lowest BCUT2D eigenvalue weighted by atomic mass is 9.94. The molecule has 0 amide bonds. The molecule has 0 saturated heterocycles. The minimum absolute atomic E-state index is 0.0248. The molecule has 4 heteroatoms. The van der Waals surface area contributed by atoms with Gasteiger partial charge < -0.3 is 5.73 Å². The van der Waals surface area contributed by atoms with Crippen molar-refractivity contribution in [3.8, 4) is 0 Å². The van der Waals surface area contributed by atoms with E-state index in [0.717, 1.165) is 43.8 Å². The minimum Gasteiger partial charge on any atom is -0.325 e. The minimum atomic E-state index is -0.0248. The van der Waals surface area contributed by atoms with Gasteiger partial charge >= 0.3 is 0 Å². The molecule has 1 heterocycles. The SMILES string of the molecule is CCCc1n[nH]c(CC2(N)CCCC2)n1. The van der Waals surface area contributed by atoms with Gasteiger partial charge in [-0.15, -0.1) is 0 Å². The number of rotatable bonds is 4. The Labute approximate surface area is 90.7 Å². The van der Waals surface area contributed by atoms with Crippen LogP contribution >= 0.6 is 0 Å². The highest BCUT2D eigenvalue weighted by molar-refractivity contribution is 5.01. The van der Waals surface area contributed by atoms with Crippen LogP contribution in [0.25, 0.3) is 0 Å². The van der Waals surface area contributed by atoms with Crippen LogP contribution in [0.1, 0.15) is 50.7 Å². The number of nitrogens with two attached hydrogens (primary N) is 1. The molecule has 1 aliphatic rings. The highest BCUT2D eigenvalue weighted by atomic mass is 15.2. The van der Waals surface area contributed by atoms with Crippen LogP contribution in [0.3, 0.4) is 0 Å². The van der Waals surface area contributed by atoms with Gasteiger partial charge in [-0.2, -0.15) is 5.10 Å². The molecule has 84 valence electrons. The molecule has 4 nitrogen and oxygen atoms in total. The van der Waals surface area contributed by atoms with Crippen molar-refractivity contribution in [3.05, 3.63) is 11.6 Å². The van der Waals surface area contributed by atoms with E-state index in [1.54, 1.807) is 0 Å². The van der Waals surface area contributed by atoms with Crippen molar-refractivity contribution >= 4 is 0 Å². The Balaban J connectivity index is 1.97. The number of aromatic amines is 1. The Kier molecular flexibility index (Phi) is 3.05. The topological polar surface area (TPSA) is 67.6 Å². The molecule has 1 saturated carbocycles. The van der Waals surface area contributed by atoms with Crippen LogP contribution in [0.5, 0.6) is 0 Å². The zero-order valence-electron chi connectivity index (χ0n) is 9.42. The van der Waals surface area contributed by atoms with E-state index in [0.29, 0.717) is 0 Å². The number of H-pyrrole nitrogens is 1. The van der Waals surface area contributed by atoms with Crippen molar-refractivity contribution in [2.45, 2.75) is 57.4 Å². The third-order valence-corrected chi connectivity index (χ3v) is 3.17. The van der Waals surface area contributed by atoms with Crippen LogP contribution < -0.4 is 5.73 Å². The van der Waals surface area contributed by atoms with E-state index in [-0.39, 0.29) is 5.54 Å². The predicted molar refractivity (Wildman–Crippen MR) is 59.5 cm³/mol. The number of aryl methyl sites for hydroxylation is 1. The molecule has 0 spiro atoms. The van der Waals surface area contributed by atoms with Crippen LogP contribution in [0.4, 0.5) is 0 Å². The Morgan fingerprint density at radius 2 is 2.13 bits per heavy atom. The first-order valence-corrected chi connectivity index (χ1v) is 5.91. The fourth-order valence-electron chi connectivity index (χ4n) is 2.34. The van der Waals surface area contributed by atoms with E-state index in [2.05, 4.69) is 22.1 Å². The molecule has 1 aromatic rings. The first-order chi connectivity index (χ1) is 7.22. The fraction of sp³-hybridized carbons (Fsp3) is 0.818. The van der Waals surface area contributed by atoms with Gasteiger partial charge in [0.1, 0.15) is 5.82 Å². The number of hydrogen-bond donors (Lipinski definition) is 2. The summed E-state index contributed by atoms with van der Waals surface area (Å²) in [5, 5.41) is 7.19. The van der Waals surface area contributed by atoms with Crippen LogP contribution in [0, 0.1) is 0 Å². The number of aromatic nitrogens is 3. The van der Waals surface area contributed by atoms with Gasteiger partial charge in [0.25, 0.3) is 0 Å². The summed E-state index contributed by atoms with van der Waals surface area (Å²) >= 11 is 0. The second kappa shape index (κ2) is 4.31. The molecule has 3 N–H and O–H groups in total. The molecule has 15 heavy (non-hydrogen) atoms. The maximum absolute atomic E-state index is 6.29. The van der Waals surface area contributed by atoms with Gasteiger partial charge in [0, 0.05) is 18.4 Å². The Morgan fingerprint density at radius 1 is 1.40 bits per heavy atom. The van der Waals surface area contributed by atoms with Crippen molar-refractivity contribution in [1.29, 1.82) is 0 Å². The van der Waals surface area contributed by atoms with E-state index in [1.807, 2.05) is 0 Å². The molecule has 0 aliphatic heterocycles. The Morgan fingerprint density at radius 3 is 2.80 bits per heavy atom. The molecule has 0 aromatic carbocycles. The standard InChI is InChI=1S/C11H20N4/c1-2-5-9-13-10(15-14-9)8-11(12)6-3-4-7-11/h2-8,12H2,1H3,(H,13,14,15). The second-order valence-corrected chi connectivity index (χ2v) is 4.69. The summed E-state index contributed by atoms with van der Waals surface area (Å²) in [6.07, 6.45) is 7.65. The van der Waals surface area contributed by atoms with E-state index in [4.69, 9.17) is 5.73 Å². The zero-order chi connectivity index (χ0) is 10.7. The number of nitrogens with one attached hydrogen (secondary N) is 1. The van der Waals surface area contributed by atoms with Gasteiger partial charge in [0.2, 0.25) is 0 Å². The average molecular weight is 208 g/mol. The molecule has 0 unspecified atom stereocenters. The van der Waals surface area contributed by atoms with Crippen molar-refractivity contribution in [2.24, 2.45) is 5.73 Å². The zero-order valence-corrected chi connectivity index (χ0v) is 9.42. The first kappa shape index (κ1) is 10.6. The van der Waals surface area contributed by atoms with Crippen molar-refractivity contribution in [2.75, 3.05) is 0 Å². The largest absolute Gasteiger partial charge is 0.325 e. The van der Waals surface area contributed by atoms with Crippen LogP contribution in [0.15, 0.2) is 0 Å². The maximum Gasteiger partial charge on any atom is 0.150 e. The third kappa shape index (κ3) is 2.56. The summed E-state index contributed by atoms with van der Waals surface area (Å²) in [4.78, 5) is 4.46. The van der Waals surface area contributed by atoms with Gasteiger partial charge in [-0.25, -0.2) is 4.98 Å². The third-order valence-electron chi connectivity index (χ3n) is 3.17. The molecule has 1 aromatic heterocycles. The number of hydrogen-bond acceptors (Lipinski definition) is 3. The summed E-state index contributed by atoms with van der Waals surface area (Å²) in [5.74, 6) is 1.89. The first-order valence-electron chi connectivity index (χ1n) is 5.91. The second-order valence-electron chi connectivity index (χ2n) is 4.69. The van der Waals surface area contributed by atoms with Gasteiger partial charge in [-0.05, 0) is 19.3 Å². The smallest absolute Gasteiger partial charge is 0.150 e. The fourth-order valence-corrected chi connectivity index (χ4v) is 2.34. The molecule has 1 aliphatic carbocycles. The maximum atomic E-state index is 6.29. The van der Waals surface area contributed by atoms with Crippen molar-refractivity contribution < 1.29 is 0 Å². The highest BCUT2D eigenvalue weighted by Crippen LogP contribution is 2.29. The lowest BCUT2D eigenvalue weighted by Gasteiger charge is -2.21. The molecular weight excluding hydrogens is 188 g/mol. The van der Waals surface area contributed by atoms with E-state index in [9.17, 15) is 0 Å². The van der Waals surface area contributed by atoms with Gasteiger partial charge in [0.15, 0.2) is 5.82 Å². The molecule has 0 atom stereocenters. The Hall–Kier alpha value is -0.900. The van der Waals surface area contributed by atoms with Gasteiger partial charge in [0.05, 0.1) is 0 Å². The Bertz CT molecular complexity index is 312. The number of nitrogens with zero attached hydrogens (tertiary/aromatic N) is 2. The monoisotopic (exact) mass is 208 g/mol. The van der Waals surface area contributed by atoms with E-state index < -0.39 is 0 Å². The quantitative estimate of drug-likeness (QED) is 0.789. The van der Waals surface area contributed by atoms with Crippen molar-refractivity contribution in [3.63, 3.8) is 0 Å². The molecule has 0 bridgehead atoms. The summed E-state index contributed by atoms with van der Waals surface area (Å²) in [6.45, 7) is 2.14. The summed E-state index contributed by atoms with van der Waals surface area (Å²) < 4.78 is 0. The summed E-state index contributed by atoms with van der Waals surface area (Å²) in [7, 11) is 0. The van der Waals surface area contributed by atoms with Crippen LogP contribution in [0.2, 0.25) is 0 Å². The van der Waals surface area contributed by atoms with Gasteiger partial charge in [-0.1, -0.05) is 19.8 Å². The predicted octanol–water partition coefficient (Wildman–Crippen LogP) is 1.57. The summed E-state index contributed by atoms with van der Waals surface area (Å²) in [5.41, 5.74) is 6.26. The van der Waals surface area contributed by atoms with Crippen molar-refractivity contribution in [1.82, 2.24) is 15.2 Å². The molecule has 2 rings (SSSR count). The molecule has 1 fully saturated rings.